The number of carboxylic acid groups (broad SMARTS) is 1. The van der Waals surface area contributed by atoms with Gasteiger partial charge in [-0.25, -0.2) is 9.78 Å². The lowest BCUT2D eigenvalue weighted by atomic mass is 10.0. The Morgan fingerprint density at radius 2 is 1.83 bits per heavy atom. The van der Waals surface area contributed by atoms with Crippen molar-refractivity contribution in [1.82, 2.24) is 4.98 Å². The largest absolute Gasteiger partial charge is 0.508 e. The fourth-order valence-electron chi connectivity index (χ4n) is 1.59. The number of pyridine rings is 1. The van der Waals surface area contributed by atoms with Crippen LogP contribution < -0.4 is 4.74 Å². The van der Waals surface area contributed by atoms with Gasteiger partial charge in [-0.05, 0) is 23.8 Å². The van der Waals surface area contributed by atoms with Gasteiger partial charge in [-0.3, -0.25) is 0 Å². The van der Waals surface area contributed by atoms with Gasteiger partial charge in [0.05, 0.1) is 7.11 Å². The van der Waals surface area contributed by atoms with Crippen molar-refractivity contribution in [3.05, 3.63) is 42.1 Å². The molecule has 2 N–H and O–H groups in total. The minimum atomic E-state index is -1.13. The lowest BCUT2D eigenvalue weighted by Gasteiger charge is -2.07. The Kier molecular flexibility index (Phi) is 3.14. The molecule has 0 saturated heterocycles. The zero-order valence-electron chi connectivity index (χ0n) is 9.62. The van der Waals surface area contributed by atoms with Gasteiger partial charge in [0.15, 0.2) is 5.69 Å². The van der Waals surface area contributed by atoms with E-state index in [0.717, 1.165) is 0 Å². The Morgan fingerprint density at radius 3 is 2.39 bits per heavy atom. The molecule has 18 heavy (non-hydrogen) atoms. The van der Waals surface area contributed by atoms with Gasteiger partial charge in [0.1, 0.15) is 5.75 Å². The number of hydrogen-bond donors (Lipinski definition) is 2. The zero-order valence-corrected chi connectivity index (χ0v) is 9.62. The molecule has 0 unspecified atom stereocenters. The number of rotatable bonds is 3. The molecule has 0 spiro atoms. The number of phenolic OH excluding ortho intramolecular Hbond substituents is 1. The first-order valence-electron chi connectivity index (χ1n) is 5.19. The average molecular weight is 245 g/mol. The summed E-state index contributed by atoms with van der Waals surface area (Å²) in [6.07, 6.45) is 0. The first kappa shape index (κ1) is 11.9. The van der Waals surface area contributed by atoms with E-state index in [2.05, 4.69) is 4.98 Å². The Morgan fingerprint density at radius 1 is 1.17 bits per heavy atom. The van der Waals surface area contributed by atoms with Crippen molar-refractivity contribution in [2.24, 2.45) is 0 Å². The maximum absolute atomic E-state index is 11.2. The highest BCUT2D eigenvalue weighted by molar-refractivity contribution is 5.94. The van der Waals surface area contributed by atoms with Gasteiger partial charge in [-0.1, -0.05) is 12.1 Å². The van der Waals surface area contributed by atoms with Crippen molar-refractivity contribution >= 4 is 5.97 Å². The second-order valence-corrected chi connectivity index (χ2v) is 3.60. The minimum Gasteiger partial charge on any atom is -0.508 e. The first-order valence-corrected chi connectivity index (χ1v) is 5.19. The summed E-state index contributed by atoms with van der Waals surface area (Å²) in [6, 6.07) is 9.46. The van der Waals surface area contributed by atoms with E-state index in [4.69, 9.17) is 9.84 Å². The Labute approximate surface area is 103 Å². The van der Waals surface area contributed by atoms with E-state index in [1.54, 1.807) is 24.3 Å². The predicted octanol–water partition coefficient (Wildman–Crippen LogP) is 2.16. The van der Waals surface area contributed by atoms with Crippen LogP contribution in [0.25, 0.3) is 11.1 Å². The van der Waals surface area contributed by atoms with E-state index < -0.39 is 5.97 Å². The number of nitrogens with zero attached hydrogens (tertiary/aromatic N) is 1. The number of methoxy groups -OCH3 is 1. The summed E-state index contributed by atoms with van der Waals surface area (Å²) in [5, 5.41) is 18.3. The monoisotopic (exact) mass is 245 g/mol. The van der Waals surface area contributed by atoms with Gasteiger partial charge in [-0.15, -0.1) is 0 Å². The number of ether oxygens (including phenoxy) is 1. The molecule has 0 fully saturated rings. The average Bonchev–Trinajstić information content (AvgIpc) is 2.39. The summed E-state index contributed by atoms with van der Waals surface area (Å²) in [4.78, 5) is 15.1. The fraction of sp³-hybridized carbons (Fsp3) is 0.0769. The molecule has 0 bridgehead atoms. The smallest absolute Gasteiger partial charge is 0.355 e. The lowest BCUT2D eigenvalue weighted by Crippen LogP contribution is -2.04. The molecule has 1 aromatic heterocycles. The molecule has 5 heteroatoms. The third-order valence-electron chi connectivity index (χ3n) is 2.46. The van der Waals surface area contributed by atoms with Crippen LogP contribution in [-0.2, 0) is 0 Å². The highest BCUT2D eigenvalue weighted by Crippen LogP contribution is 2.26. The molecule has 0 amide bonds. The van der Waals surface area contributed by atoms with Crippen molar-refractivity contribution in [2.75, 3.05) is 7.11 Å². The molecule has 1 aromatic carbocycles. The van der Waals surface area contributed by atoms with Gasteiger partial charge in [0.2, 0.25) is 5.88 Å². The highest BCUT2D eigenvalue weighted by Gasteiger charge is 2.14. The van der Waals surface area contributed by atoms with Crippen molar-refractivity contribution in [1.29, 1.82) is 0 Å². The number of aromatic hydroxyl groups is 1. The van der Waals surface area contributed by atoms with Crippen LogP contribution in [0.2, 0.25) is 0 Å². The van der Waals surface area contributed by atoms with Crippen LogP contribution in [0.15, 0.2) is 36.4 Å². The van der Waals surface area contributed by atoms with Crippen LogP contribution in [0.1, 0.15) is 10.5 Å². The third-order valence-corrected chi connectivity index (χ3v) is 2.46. The van der Waals surface area contributed by atoms with E-state index in [0.29, 0.717) is 11.1 Å². The molecule has 92 valence electrons. The summed E-state index contributed by atoms with van der Waals surface area (Å²) < 4.78 is 4.90. The van der Waals surface area contributed by atoms with Crippen LogP contribution >= 0.6 is 0 Å². The van der Waals surface area contributed by atoms with E-state index in [1.165, 1.54) is 19.2 Å². The molecule has 5 nitrogen and oxygen atoms in total. The van der Waals surface area contributed by atoms with Crippen LogP contribution in [0.4, 0.5) is 0 Å². The number of aromatic carboxylic acids is 1. The lowest BCUT2D eigenvalue weighted by molar-refractivity contribution is 0.0690. The molecule has 0 aliphatic rings. The van der Waals surface area contributed by atoms with Crippen LogP contribution in [-0.4, -0.2) is 28.3 Å². The normalized spacial score (nSPS) is 10.1. The summed E-state index contributed by atoms with van der Waals surface area (Å²) in [5.41, 5.74) is 1.06. The van der Waals surface area contributed by atoms with Crippen molar-refractivity contribution in [3.8, 4) is 22.8 Å². The van der Waals surface area contributed by atoms with E-state index in [-0.39, 0.29) is 17.3 Å². The van der Waals surface area contributed by atoms with Gasteiger partial charge in [0.25, 0.3) is 0 Å². The molecular weight excluding hydrogens is 234 g/mol. The molecule has 0 atom stereocenters. The predicted molar refractivity (Wildman–Crippen MR) is 64.8 cm³/mol. The molecular formula is C13H11NO4. The summed E-state index contributed by atoms with van der Waals surface area (Å²) >= 11 is 0. The summed E-state index contributed by atoms with van der Waals surface area (Å²) in [6.45, 7) is 0. The molecule has 0 aliphatic carbocycles. The second kappa shape index (κ2) is 4.75. The highest BCUT2D eigenvalue weighted by atomic mass is 16.5. The Balaban J connectivity index is 2.56. The molecule has 0 saturated carbocycles. The SMILES string of the molecule is COc1ccc(-c2ccc(O)cc2)c(C(=O)O)n1. The number of carbonyl (C=O) groups is 1. The van der Waals surface area contributed by atoms with Gasteiger partial charge in [0, 0.05) is 11.6 Å². The molecule has 0 aliphatic heterocycles. The van der Waals surface area contributed by atoms with Crippen molar-refractivity contribution in [3.63, 3.8) is 0 Å². The van der Waals surface area contributed by atoms with Crippen LogP contribution in [0.3, 0.4) is 0 Å². The first-order chi connectivity index (χ1) is 8.61. The third kappa shape index (κ3) is 2.24. The van der Waals surface area contributed by atoms with Crippen LogP contribution in [0.5, 0.6) is 11.6 Å². The molecule has 2 rings (SSSR count). The van der Waals surface area contributed by atoms with Crippen molar-refractivity contribution in [2.45, 2.75) is 0 Å². The Hall–Kier alpha value is -2.56. The maximum Gasteiger partial charge on any atom is 0.355 e. The quantitative estimate of drug-likeness (QED) is 0.866. The van der Waals surface area contributed by atoms with Gasteiger partial charge >= 0.3 is 5.97 Å². The topological polar surface area (TPSA) is 79.7 Å². The van der Waals surface area contributed by atoms with E-state index >= 15 is 0 Å². The second-order valence-electron chi connectivity index (χ2n) is 3.60. The summed E-state index contributed by atoms with van der Waals surface area (Å²) in [7, 11) is 1.42. The number of phenols is 1. The zero-order chi connectivity index (χ0) is 13.1. The Bertz CT molecular complexity index is 578. The van der Waals surface area contributed by atoms with Crippen molar-refractivity contribution < 1.29 is 19.7 Å². The molecule has 2 aromatic rings. The molecule has 0 radical (unpaired) electrons. The molecule has 1 heterocycles. The number of benzene rings is 1. The number of carboxylic acids is 1. The number of hydrogen-bond acceptors (Lipinski definition) is 4. The van der Waals surface area contributed by atoms with E-state index in [9.17, 15) is 9.90 Å². The minimum absolute atomic E-state index is 0.0833. The fourth-order valence-corrected chi connectivity index (χ4v) is 1.59. The van der Waals surface area contributed by atoms with E-state index in [1.807, 2.05) is 0 Å². The standard InChI is InChI=1S/C13H11NO4/c1-18-11-7-6-10(12(14-11)13(16)17)8-2-4-9(15)5-3-8/h2-7,15H,1H3,(H,16,17). The summed E-state index contributed by atoms with van der Waals surface area (Å²) in [5.74, 6) is -0.760. The van der Waals surface area contributed by atoms with Crippen LogP contribution in [0, 0.1) is 0 Å². The number of aromatic nitrogens is 1. The van der Waals surface area contributed by atoms with Gasteiger partial charge in [-0.2, -0.15) is 0 Å². The van der Waals surface area contributed by atoms with Gasteiger partial charge < -0.3 is 14.9 Å². The maximum atomic E-state index is 11.2.